The largest absolute Gasteiger partial charge is 0.494 e. The molecule has 0 fully saturated rings. The molecule has 0 saturated heterocycles. The molecule has 0 aliphatic carbocycles. The van der Waals surface area contributed by atoms with E-state index in [-0.39, 0.29) is 5.75 Å². The van der Waals surface area contributed by atoms with Gasteiger partial charge in [0.2, 0.25) is 5.91 Å². The highest BCUT2D eigenvalue weighted by Gasteiger charge is 2.01. The Bertz CT molecular complexity index is 374. The second-order valence-electron chi connectivity index (χ2n) is 2.63. The van der Waals surface area contributed by atoms with Crippen LogP contribution >= 0.6 is 0 Å². The van der Waals surface area contributed by atoms with Gasteiger partial charge in [-0.05, 0) is 23.8 Å². The topological polar surface area (TPSA) is 52.3 Å². The molecule has 1 aromatic carbocycles. The van der Waals surface area contributed by atoms with Gasteiger partial charge in [0.1, 0.15) is 0 Å². The molecule has 0 heterocycles. The van der Waals surface area contributed by atoms with Crippen LogP contribution in [0, 0.1) is 5.82 Å². The van der Waals surface area contributed by atoms with Crippen molar-refractivity contribution in [2.75, 3.05) is 7.11 Å². The number of nitrogens with two attached hydrogens (primary N) is 1. The van der Waals surface area contributed by atoms with E-state index in [0.29, 0.717) is 5.56 Å². The first-order chi connectivity index (χ1) is 6.63. The molecule has 0 aromatic heterocycles. The minimum absolute atomic E-state index is 0.168. The van der Waals surface area contributed by atoms with Crippen molar-refractivity contribution in [2.24, 2.45) is 5.73 Å². The molecule has 1 aromatic rings. The molecule has 3 nitrogen and oxygen atoms in total. The summed E-state index contributed by atoms with van der Waals surface area (Å²) in [6, 6.07) is 4.37. The molecule has 14 heavy (non-hydrogen) atoms. The average molecular weight is 195 g/mol. The summed E-state index contributed by atoms with van der Waals surface area (Å²) in [6.45, 7) is 0. The van der Waals surface area contributed by atoms with Crippen molar-refractivity contribution in [3.8, 4) is 5.75 Å². The normalized spacial score (nSPS) is 10.4. The highest BCUT2D eigenvalue weighted by Crippen LogP contribution is 2.18. The fourth-order valence-electron chi connectivity index (χ4n) is 0.965. The maximum atomic E-state index is 13.1. The summed E-state index contributed by atoms with van der Waals surface area (Å²) in [5.74, 6) is -0.874. The third-order valence-corrected chi connectivity index (χ3v) is 1.62. The lowest BCUT2D eigenvalue weighted by molar-refractivity contribution is -0.113. The summed E-state index contributed by atoms with van der Waals surface area (Å²) in [6.07, 6.45) is 2.60. The molecular formula is C10H10FNO2. The Balaban J connectivity index is 2.91. The van der Waals surface area contributed by atoms with Crippen LogP contribution in [-0.4, -0.2) is 13.0 Å². The van der Waals surface area contributed by atoms with Gasteiger partial charge in [-0.15, -0.1) is 0 Å². The Kier molecular flexibility index (Phi) is 3.23. The number of hydrogen-bond donors (Lipinski definition) is 1. The quantitative estimate of drug-likeness (QED) is 0.740. The van der Waals surface area contributed by atoms with Crippen molar-refractivity contribution in [3.63, 3.8) is 0 Å². The zero-order valence-corrected chi connectivity index (χ0v) is 7.66. The third-order valence-electron chi connectivity index (χ3n) is 1.62. The van der Waals surface area contributed by atoms with E-state index in [0.717, 1.165) is 0 Å². The van der Waals surface area contributed by atoms with Crippen LogP contribution in [0.15, 0.2) is 24.3 Å². The van der Waals surface area contributed by atoms with Crippen LogP contribution in [-0.2, 0) is 4.79 Å². The van der Waals surface area contributed by atoms with Gasteiger partial charge in [-0.2, -0.15) is 0 Å². The number of rotatable bonds is 3. The third kappa shape index (κ3) is 2.58. The molecule has 0 saturated carbocycles. The first kappa shape index (κ1) is 10.2. The van der Waals surface area contributed by atoms with Gasteiger partial charge in [-0.3, -0.25) is 4.79 Å². The van der Waals surface area contributed by atoms with Gasteiger partial charge < -0.3 is 10.5 Å². The fourth-order valence-corrected chi connectivity index (χ4v) is 0.965. The van der Waals surface area contributed by atoms with Crippen molar-refractivity contribution >= 4 is 12.0 Å². The number of hydrogen-bond acceptors (Lipinski definition) is 2. The van der Waals surface area contributed by atoms with E-state index in [1.54, 1.807) is 6.07 Å². The van der Waals surface area contributed by atoms with Gasteiger partial charge in [-0.25, -0.2) is 4.39 Å². The summed E-state index contributed by atoms with van der Waals surface area (Å²) in [4.78, 5) is 10.4. The molecule has 0 atom stereocenters. The van der Waals surface area contributed by atoms with Gasteiger partial charge in [0, 0.05) is 6.08 Å². The molecule has 0 bridgehead atoms. The second kappa shape index (κ2) is 4.41. The molecule has 1 amide bonds. The van der Waals surface area contributed by atoms with E-state index in [1.807, 2.05) is 0 Å². The van der Waals surface area contributed by atoms with Crippen LogP contribution in [0.5, 0.6) is 5.75 Å². The SMILES string of the molecule is COc1ccc(/C=C\C(N)=O)cc1F. The van der Waals surface area contributed by atoms with Crippen molar-refractivity contribution < 1.29 is 13.9 Å². The van der Waals surface area contributed by atoms with E-state index in [1.165, 1.54) is 31.4 Å². The average Bonchev–Trinajstić information content (AvgIpc) is 2.15. The Morgan fingerprint density at radius 2 is 2.29 bits per heavy atom. The summed E-state index contributed by atoms with van der Waals surface area (Å²) in [5, 5.41) is 0. The number of carbonyl (C=O) groups excluding carboxylic acids is 1. The van der Waals surface area contributed by atoms with Gasteiger partial charge in [0.25, 0.3) is 0 Å². The van der Waals surface area contributed by atoms with Crippen molar-refractivity contribution in [3.05, 3.63) is 35.7 Å². The maximum Gasteiger partial charge on any atom is 0.241 e. The molecule has 0 spiro atoms. The second-order valence-corrected chi connectivity index (χ2v) is 2.63. The minimum atomic E-state index is -0.568. The van der Waals surface area contributed by atoms with Crippen LogP contribution < -0.4 is 10.5 Å². The Hall–Kier alpha value is -1.84. The number of benzene rings is 1. The van der Waals surface area contributed by atoms with Crippen molar-refractivity contribution in [1.82, 2.24) is 0 Å². The molecule has 1 rings (SSSR count). The Labute approximate surface area is 81.0 Å². The number of methoxy groups -OCH3 is 1. The van der Waals surface area contributed by atoms with Gasteiger partial charge >= 0.3 is 0 Å². The Morgan fingerprint density at radius 1 is 1.57 bits per heavy atom. The molecule has 0 radical (unpaired) electrons. The van der Waals surface area contributed by atoms with Gasteiger partial charge in [0.05, 0.1) is 7.11 Å². The molecule has 74 valence electrons. The van der Waals surface area contributed by atoms with Crippen LogP contribution in [0.1, 0.15) is 5.56 Å². The molecule has 0 unspecified atom stereocenters. The number of amides is 1. The molecule has 4 heteroatoms. The lowest BCUT2D eigenvalue weighted by atomic mass is 10.2. The molecule has 0 aliphatic rings. The van der Waals surface area contributed by atoms with Crippen molar-refractivity contribution in [2.45, 2.75) is 0 Å². The number of halogens is 1. The van der Waals surface area contributed by atoms with Gasteiger partial charge in [0.15, 0.2) is 11.6 Å². The van der Waals surface area contributed by atoms with E-state index >= 15 is 0 Å². The van der Waals surface area contributed by atoms with Crippen LogP contribution in [0.3, 0.4) is 0 Å². The smallest absolute Gasteiger partial charge is 0.241 e. The van der Waals surface area contributed by atoms with Gasteiger partial charge in [-0.1, -0.05) is 6.07 Å². The zero-order chi connectivity index (χ0) is 10.6. The fraction of sp³-hybridized carbons (Fsp3) is 0.100. The first-order valence-electron chi connectivity index (χ1n) is 3.94. The van der Waals surface area contributed by atoms with Crippen LogP contribution in [0.4, 0.5) is 4.39 Å². The lowest BCUT2D eigenvalue weighted by Gasteiger charge is -2.01. The lowest BCUT2D eigenvalue weighted by Crippen LogP contribution is -2.05. The standard InChI is InChI=1S/C10H10FNO2/c1-14-9-4-2-7(6-8(9)11)3-5-10(12)13/h2-6H,1H3,(H2,12,13)/b5-3-. The first-order valence-corrected chi connectivity index (χ1v) is 3.94. The molecular weight excluding hydrogens is 185 g/mol. The monoisotopic (exact) mass is 195 g/mol. The zero-order valence-electron chi connectivity index (χ0n) is 7.66. The minimum Gasteiger partial charge on any atom is -0.494 e. The van der Waals surface area contributed by atoms with Crippen LogP contribution in [0.2, 0.25) is 0 Å². The highest BCUT2D eigenvalue weighted by atomic mass is 19.1. The van der Waals surface area contributed by atoms with E-state index in [9.17, 15) is 9.18 Å². The summed E-state index contributed by atoms with van der Waals surface area (Å²) in [7, 11) is 1.39. The number of carbonyl (C=O) groups is 1. The van der Waals surface area contributed by atoms with Crippen molar-refractivity contribution in [1.29, 1.82) is 0 Å². The molecule has 0 aliphatic heterocycles. The number of ether oxygens (including phenoxy) is 1. The maximum absolute atomic E-state index is 13.1. The summed E-state index contributed by atoms with van der Waals surface area (Å²) >= 11 is 0. The summed E-state index contributed by atoms with van der Waals surface area (Å²) in [5.41, 5.74) is 5.45. The predicted octanol–water partition coefficient (Wildman–Crippen LogP) is 1.33. The van der Waals surface area contributed by atoms with E-state index < -0.39 is 11.7 Å². The number of primary amides is 1. The highest BCUT2D eigenvalue weighted by molar-refractivity contribution is 5.90. The van der Waals surface area contributed by atoms with E-state index in [2.05, 4.69) is 0 Å². The summed E-state index contributed by atoms with van der Waals surface area (Å²) < 4.78 is 17.8. The van der Waals surface area contributed by atoms with Crippen LogP contribution in [0.25, 0.3) is 6.08 Å². The predicted molar refractivity (Wildman–Crippen MR) is 51.2 cm³/mol. The van der Waals surface area contributed by atoms with E-state index in [4.69, 9.17) is 10.5 Å². The Morgan fingerprint density at radius 3 is 2.79 bits per heavy atom. The molecule has 2 N–H and O–H groups in total.